The van der Waals surface area contributed by atoms with Gasteiger partial charge in [-0.15, -0.1) is 0 Å². The molecule has 0 saturated heterocycles. The molecule has 0 aliphatic carbocycles. The van der Waals surface area contributed by atoms with Crippen molar-refractivity contribution in [3.8, 4) is 11.8 Å². The maximum atomic E-state index is 12.0. The molecule has 0 radical (unpaired) electrons. The fourth-order valence-corrected chi connectivity index (χ4v) is 2.20. The van der Waals surface area contributed by atoms with E-state index in [1.165, 1.54) is 10.8 Å². The van der Waals surface area contributed by atoms with Crippen LogP contribution in [0.2, 0.25) is 0 Å². The smallest absolute Gasteiger partial charge is 0.203 e. The number of ketones is 1. The van der Waals surface area contributed by atoms with Crippen molar-refractivity contribution in [1.82, 2.24) is 9.78 Å². The number of hydrogen-bond acceptors (Lipinski definition) is 5. The Morgan fingerprint density at radius 1 is 1.28 bits per heavy atom. The number of nitrogens with zero attached hydrogens (tertiary/aromatic N) is 3. The summed E-state index contributed by atoms with van der Waals surface area (Å²) in [6, 6.07) is 14.1. The highest BCUT2D eigenvalue weighted by atomic mass is 16.5. The molecule has 3 rings (SSSR count). The highest BCUT2D eigenvalue weighted by Gasteiger charge is 2.07. The third-order valence-corrected chi connectivity index (χ3v) is 3.52. The Bertz CT molecular complexity index is 943. The standard InChI is InChI=1S/C19H15N3O3/c1-22-18(10-11-21-22)19(23)9-8-16-6-7-17(25-16)13-24-15-4-2-14(12-20)3-5-15/h2-11H,13H2,1H3/b9-8+. The van der Waals surface area contributed by atoms with E-state index in [1.54, 1.807) is 61.8 Å². The average Bonchev–Trinajstić information content (AvgIpc) is 3.27. The minimum Gasteiger partial charge on any atom is -0.486 e. The summed E-state index contributed by atoms with van der Waals surface area (Å²) >= 11 is 0. The minimum absolute atomic E-state index is 0.146. The topological polar surface area (TPSA) is 81.0 Å². The second-order valence-corrected chi connectivity index (χ2v) is 5.27. The number of allylic oxidation sites excluding steroid dienone is 1. The van der Waals surface area contributed by atoms with Gasteiger partial charge in [0.1, 0.15) is 29.6 Å². The summed E-state index contributed by atoms with van der Waals surface area (Å²) in [6.45, 7) is 0.259. The lowest BCUT2D eigenvalue weighted by atomic mass is 10.2. The van der Waals surface area contributed by atoms with Crippen LogP contribution in [0.25, 0.3) is 6.08 Å². The molecule has 25 heavy (non-hydrogen) atoms. The number of rotatable bonds is 6. The summed E-state index contributed by atoms with van der Waals surface area (Å²) in [4.78, 5) is 12.0. The summed E-state index contributed by atoms with van der Waals surface area (Å²) in [5.74, 6) is 1.71. The van der Waals surface area contributed by atoms with E-state index in [0.717, 1.165) is 0 Å². The Balaban J connectivity index is 1.58. The number of ether oxygens (including phenoxy) is 1. The normalized spacial score (nSPS) is 10.7. The lowest BCUT2D eigenvalue weighted by molar-refractivity contribution is 0.103. The molecule has 0 atom stereocenters. The molecule has 0 bridgehead atoms. The number of furan rings is 1. The predicted molar refractivity (Wildman–Crippen MR) is 90.8 cm³/mol. The number of hydrogen-bond donors (Lipinski definition) is 0. The molecule has 0 amide bonds. The molecular weight excluding hydrogens is 318 g/mol. The molecule has 3 aromatic rings. The molecule has 0 fully saturated rings. The number of carbonyl (C=O) groups excluding carboxylic acids is 1. The number of carbonyl (C=O) groups is 1. The van der Waals surface area contributed by atoms with Crippen LogP contribution < -0.4 is 4.74 Å². The number of aromatic nitrogens is 2. The van der Waals surface area contributed by atoms with Crippen LogP contribution >= 0.6 is 0 Å². The number of benzene rings is 1. The summed E-state index contributed by atoms with van der Waals surface area (Å²) in [5.41, 5.74) is 1.09. The predicted octanol–water partition coefficient (Wildman–Crippen LogP) is 3.36. The summed E-state index contributed by atoms with van der Waals surface area (Å²) in [7, 11) is 1.71. The number of nitriles is 1. The van der Waals surface area contributed by atoms with E-state index in [9.17, 15) is 4.79 Å². The molecule has 0 saturated carbocycles. The van der Waals surface area contributed by atoms with E-state index >= 15 is 0 Å². The Morgan fingerprint density at radius 3 is 2.76 bits per heavy atom. The zero-order valence-electron chi connectivity index (χ0n) is 13.5. The molecular formula is C19H15N3O3. The van der Waals surface area contributed by atoms with Crippen LogP contribution in [0.1, 0.15) is 27.6 Å². The van der Waals surface area contributed by atoms with Crippen LogP contribution in [0.3, 0.4) is 0 Å². The Labute approximate surface area is 144 Å². The molecule has 2 heterocycles. The fraction of sp³-hybridized carbons (Fsp3) is 0.105. The van der Waals surface area contributed by atoms with Gasteiger partial charge in [0.2, 0.25) is 5.78 Å². The molecule has 6 heteroatoms. The van der Waals surface area contributed by atoms with Crippen molar-refractivity contribution < 1.29 is 13.9 Å². The van der Waals surface area contributed by atoms with Crippen LogP contribution in [0.4, 0.5) is 0 Å². The molecule has 0 spiro atoms. The van der Waals surface area contributed by atoms with Crippen molar-refractivity contribution >= 4 is 11.9 Å². The zero-order chi connectivity index (χ0) is 17.6. The van der Waals surface area contributed by atoms with E-state index < -0.39 is 0 Å². The van der Waals surface area contributed by atoms with Gasteiger partial charge in [-0.1, -0.05) is 0 Å². The van der Waals surface area contributed by atoms with E-state index in [0.29, 0.717) is 28.5 Å². The average molecular weight is 333 g/mol. The van der Waals surface area contributed by atoms with Gasteiger partial charge in [-0.3, -0.25) is 9.48 Å². The van der Waals surface area contributed by atoms with Crippen molar-refractivity contribution in [2.24, 2.45) is 7.05 Å². The second kappa shape index (κ2) is 7.32. The van der Waals surface area contributed by atoms with Gasteiger partial charge in [-0.05, 0) is 54.6 Å². The highest BCUT2D eigenvalue weighted by Crippen LogP contribution is 2.16. The van der Waals surface area contributed by atoms with Gasteiger partial charge < -0.3 is 9.15 Å². The third kappa shape index (κ3) is 4.03. The summed E-state index contributed by atoms with van der Waals surface area (Å²) in [5, 5.41) is 12.7. The van der Waals surface area contributed by atoms with Crippen molar-refractivity contribution in [3.63, 3.8) is 0 Å². The Morgan fingerprint density at radius 2 is 2.08 bits per heavy atom. The van der Waals surface area contributed by atoms with Gasteiger partial charge in [0.25, 0.3) is 0 Å². The SMILES string of the molecule is Cn1nccc1C(=O)/C=C/c1ccc(COc2ccc(C#N)cc2)o1. The van der Waals surface area contributed by atoms with Gasteiger partial charge >= 0.3 is 0 Å². The second-order valence-electron chi connectivity index (χ2n) is 5.27. The zero-order valence-corrected chi connectivity index (χ0v) is 13.5. The van der Waals surface area contributed by atoms with Gasteiger partial charge in [0, 0.05) is 13.2 Å². The van der Waals surface area contributed by atoms with Crippen molar-refractivity contribution in [1.29, 1.82) is 5.26 Å². The van der Waals surface area contributed by atoms with Crippen LogP contribution in [0.5, 0.6) is 5.75 Å². The molecule has 0 aliphatic heterocycles. The van der Waals surface area contributed by atoms with Crippen molar-refractivity contribution in [3.05, 3.63) is 77.5 Å². The highest BCUT2D eigenvalue weighted by molar-refractivity contribution is 6.05. The van der Waals surface area contributed by atoms with Gasteiger partial charge in [-0.2, -0.15) is 10.4 Å². The first-order valence-electron chi connectivity index (χ1n) is 7.58. The van der Waals surface area contributed by atoms with Crippen molar-refractivity contribution in [2.45, 2.75) is 6.61 Å². The lowest BCUT2D eigenvalue weighted by Gasteiger charge is -2.03. The van der Waals surface area contributed by atoms with Crippen LogP contribution in [-0.4, -0.2) is 15.6 Å². The molecule has 0 aliphatic rings. The molecule has 124 valence electrons. The first-order valence-corrected chi connectivity index (χ1v) is 7.58. The Hall–Kier alpha value is -3.59. The van der Waals surface area contributed by atoms with Gasteiger partial charge in [-0.25, -0.2) is 0 Å². The van der Waals surface area contributed by atoms with E-state index in [4.69, 9.17) is 14.4 Å². The van der Waals surface area contributed by atoms with Gasteiger partial charge in [0.15, 0.2) is 0 Å². The van der Waals surface area contributed by atoms with Gasteiger partial charge in [0.05, 0.1) is 11.6 Å². The van der Waals surface area contributed by atoms with E-state index in [-0.39, 0.29) is 12.4 Å². The largest absolute Gasteiger partial charge is 0.486 e. The van der Waals surface area contributed by atoms with E-state index in [2.05, 4.69) is 11.2 Å². The van der Waals surface area contributed by atoms with E-state index in [1.807, 2.05) is 0 Å². The molecule has 0 N–H and O–H groups in total. The fourth-order valence-electron chi connectivity index (χ4n) is 2.20. The van der Waals surface area contributed by atoms with Crippen LogP contribution in [-0.2, 0) is 13.7 Å². The summed E-state index contributed by atoms with van der Waals surface area (Å²) < 4.78 is 12.7. The molecule has 1 aromatic carbocycles. The van der Waals surface area contributed by atoms with Crippen LogP contribution in [0.15, 0.2) is 59.2 Å². The maximum Gasteiger partial charge on any atom is 0.203 e. The first kappa shape index (κ1) is 16.3. The molecule has 0 unspecified atom stereocenters. The summed E-state index contributed by atoms with van der Waals surface area (Å²) in [6.07, 6.45) is 4.63. The monoisotopic (exact) mass is 333 g/mol. The quantitative estimate of drug-likeness (QED) is 0.510. The maximum absolute atomic E-state index is 12.0. The van der Waals surface area contributed by atoms with Crippen LogP contribution in [0, 0.1) is 11.3 Å². The molecule has 6 nitrogen and oxygen atoms in total. The van der Waals surface area contributed by atoms with Crippen molar-refractivity contribution in [2.75, 3.05) is 0 Å². The molecule has 2 aromatic heterocycles. The number of aryl methyl sites for hydroxylation is 1. The lowest BCUT2D eigenvalue weighted by Crippen LogP contribution is -2.03. The first-order chi connectivity index (χ1) is 12.2. The minimum atomic E-state index is -0.146. The Kier molecular flexibility index (Phi) is 4.77. The third-order valence-electron chi connectivity index (χ3n) is 3.52.